The van der Waals surface area contributed by atoms with Crippen molar-refractivity contribution in [3.8, 4) is 23.6 Å². The number of hydrogen-bond donors (Lipinski definition) is 2. The number of anilines is 1. The minimum absolute atomic E-state index is 0.175. The first-order valence-electron chi connectivity index (χ1n) is 6.86. The van der Waals surface area contributed by atoms with Crippen LogP contribution in [-0.4, -0.2) is 23.6 Å². The maximum absolute atomic E-state index is 9.39. The molecule has 0 saturated heterocycles. The molecule has 0 fully saturated rings. The van der Waals surface area contributed by atoms with Gasteiger partial charge in [0.05, 0.1) is 23.1 Å². The van der Waals surface area contributed by atoms with Gasteiger partial charge in [0.25, 0.3) is 0 Å². The molecule has 0 spiro atoms. The van der Waals surface area contributed by atoms with Gasteiger partial charge in [-0.15, -0.1) is 11.6 Å². The van der Waals surface area contributed by atoms with Gasteiger partial charge in [-0.2, -0.15) is 10.5 Å². The summed E-state index contributed by atoms with van der Waals surface area (Å²) in [6.45, 7) is 0.366. The Morgan fingerprint density at radius 3 is 2.30 bits per heavy atom. The highest BCUT2D eigenvalue weighted by atomic mass is 35.5. The minimum Gasteiger partial charge on any atom is -0.457 e. The highest BCUT2D eigenvalue weighted by Gasteiger charge is 2.05. The first-order chi connectivity index (χ1) is 11.2. The van der Waals surface area contributed by atoms with E-state index in [0.29, 0.717) is 23.6 Å². The Morgan fingerprint density at radius 2 is 1.70 bits per heavy atom. The maximum atomic E-state index is 9.39. The average Bonchev–Trinajstić information content (AvgIpc) is 2.60. The van der Waals surface area contributed by atoms with Crippen molar-refractivity contribution in [1.82, 2.24) is 0 Å². The average molecular weight is 328 g/mol. The third kappa shape index (κ3) is 4.62. The quantitative estimate of drug-likeness (QED) is 0.795. The van der Waals surface area contributed by atoms with Gasteiger partial charge in [0.15, 0.2) is 0 Å². The monoisotopic (exact) mass is 327 g/mol. The molecule has 23 heavy (non-hydrogen) atoms. The van der Waals surface area contributed by atoms with E-state index >= 15 is 0 Å². The van der Waals surface area contributed by atoms with Gasteiger partial charge in [-0.3, -0.25) is 0 Å². The fraction of sp³-hybridized carbons (Fsp3) is 0.176. The second-order valence-electron chi connectivity index (χ2n) is 4.75. The standard InChI is InChI=1S/C17H14ClN3O2/c18-8-15(22)11-21-14-2-5-16(6-3-14)23-17-4-1-12(9-19)13(7-17)10-20/h1-7,15,21-22H,8,11H2. The van der Waals surface area contributed by atoms with Gasteiger partial charge in [0, 0.05) is 12.2 Å². The van der Waals surface area contributed by atoms with Crippen LogP contribution in [0.15, 0.2) is 42.5 Å². The molecule has 0 radical (unpaired) electrons. The van der Waals surface area contributed by atoms with Crippen molar-refractivity contribution in [2.24, 2.45) is 0 Å². The molecule has 1 atom stereocenters. The first kappa shape index (κ1) is 16.6. The van der Waals surface area contributed by atoms with E-state index in [1.807, 2.05) is 24.3 Å². The van der Waals surface area contributed by atoms with Crippen molar-refractivity contribution in [2.45, 2.75) is 6.10 Å². The van der Waals surface area contributed by atoms with Crippen LogP contribution in [0.3, 0.4) is 0 Å². The Kier molecular flexibility index (Phi) is 5.82. The van der Waals surface area contributed by atoms with E-state index in [4.69, 9.17) is 26.9 Å². The molecule has 0 aliphatic heterocycles. The zero-order chi connectivity index (χ0) is 16.7. The molecule has 2 N–H and O–H groups in total. The summed E-state index contributed by atoms with van der Waals surface area (Å²) in [5, 5.41) is 30.3. The molecule has 2 aromatic rings. The van der Waals surface area contributed by atoms with Crippen LogP contribution in [-0.2, 0) is 0 Å². The zero-order valence-corrected chi connectivity index (χ0v) is 12.9. The molecule has 0 bridgehead atoms. The normalized spacial score (nSPS) is 11.1. The topological polar surface area (TPSA) is 89.1 Å². The van der Waals surface area contributed by atoms with E-state index in [-0.39, 0.29) is 11.4 Å². The summed E-state index contributed by atoms with van der Waals surface area (Å²) in [7, 11) is 0. The number of aliphatic hydroxyl groups is 1. The number of hydrogen-bond acceptors (Lipinski definition) is 5. The van der Waals surface area contributed by atoms with Crippen LogP contribution >= 0.6 is 11.6 Å². The predicted octanol–water partition coefficient (Wildman–Crippen LogP) is 3.23. The lowest BCUT2D eigenvalue weighted by molar-refractivity contribution is 0.211. The Morgan fingerprint density at radius 1 is 1.04 bits per heavy atom. The van der Waals surface area contributed by atoms with Crippen molar-refractivity contribution < 1.29 is 9.84 Å². The van der Waals surface area contributed by atoms with Gasteiger partial charge in [0.2, 0.25) is 0 Å². The highest BCUT2D eigenvalue weighted by molar-refractivity contribution is 6.18. The molecule has 0 saturated carbocycles. The number of nitrogens with one attached hydrogen (secondary N) is 1. The number of nitrogens with zero attached hydrogens (tertiary/aromatic N) is 2. The fourth-order valence-electron chi connectivity index (χ4n) is 1.84. The summed E-state index contributed by atoms with van der Waals surface area (Å²) < 4.78 is 5.66. The van der Waals surface area contributed by atoms with Crippen LogP contribution in [0.4, 0.5) is 5.69 Å². The number of alkyl halides is 1. The number of rotatable bonds is 6. The Labute approximate surface area is 139 Å². The molecule has 1 unspecified atom stereocenters. The summed E-state index contributed by atoms with van der Waals surface area (Å²) in [5.74, 6) is 1.26. The van der Waals surface area contributed by atoms with Crippen molar-refractivity contribution in [2.75, 3.05) is 17.7 Å². The van der Waals surface area contributed by atoms with Crippen LogP contribution in [0.1, 0.15) is 11.1 Å². The van der Waals surface area contributed by atoms with E-state index in [1.165, 1.54) is 6.07 Å². The molecular formula is C17H14ClN3O2. The van der Waals surface area contributed by atoms with Gasteiger partial charge in [-0.05, 0) is 42.5 Å². The lowest BCUT2D eigenvalue weighted by atomic mass is 10.1. The number of aliphatic hydroxyl groups excluding tert-OH is 1. The molecule has 2 aromatic carbocycles. The lowest BCUT2D eigenvalue weighted by Gasteiger charge is -2.11. The second kappa shape index (κ2) is 8.05. The number of nitriles is 2. The molecule has 0 aromatic heterocycles. The summed E-state index contributed by atoms with van der Waals surface area (Å²) in [5.41, 5.74) is 1.43. The van der Waals surface area contributed by atoms with Gasteiger partial charge in [-0.1, -0.05) is 0 Å². The van der Waals surface area contributed by atoms with Gasteiger partial charge < -0.3 is 15.2 Å². The molecule has 0 aliphatic carbocycles. The molecule has 6 heteroatoms. The van der Waals surface area contributed by atoms with Crippen LogP contribution in [0.2, 0.25) is 0 Å². The summed E-state index contributed by atoms with van der Waals surface area (Å²) >= 11 is 5.53. The molecule has 5 nitrogen and oxygen atoms in total. The summed E-state index contributed by atoms with van der Waals surface area (Å²) in [6, 6.07) is 15.8. The zero-order valence-electron chi connectivity index (χ0n) is 12.2. The van der Waals surface area contributed by atoms with Crippen LogP contribution in [0.5, 0.6) is 11.5 Å². The smallest absolute Gasteiger partial charge is 0.128 e. The molecule has 0 heterocycles. The van der Waals surface area contributed by atoms with E-state index in [9.17, 15) is 5.11 Å². The predicted molar refractivity (Wildman–Crippen MR) is 87.6 cm³/mol. The largest absolute Gasteiger partial charge is 0.457 e. The van der Waals surface area contributed by atoms with Gasteiger partial charge >= 0.3 is 0 Å². The van der Waals surface area contributed by atoms with Crippen LogP contribution < -0.4 is 10.1 Å². The van der Waals surface area contributed by atoms with E-state index in [0.717, 1.165) is 5.69 Å². The van der Waals surface area contributed by atoms with E-state index < -0.39 is 6.10 Å². The minimum atomic E-state index is -0.601. The van der Waals surface area contributed by atoms with Gasteiger partial charge in [0.1, 0.15) is 23.6 Å². The molecule has 2 rings (SSSR count). The number of halogens is 1. The second-order valence-corrected chi connectivity index (χ2v) is 5.06. The molecule has 0 amide bonds. The van der Waals surface area contributed by atoms with Crippen molar-refractivity contribution in [1.29, 1.82) is 10.5 Å². The molecule has 116 valence electrons. The van der Waals surface area contributed by atoms with Crippen molar-refractivity contribution >= 4 is 17.3 Å². The number of benzene rings is 2. The SMILES string of the molecule is N#Cc1ccc(Oc2ccc(NCC(O)CCl)cc2)cc1C#N. The van der Waals surface area contributed by atoms with Crippen molar-refractivity contribution in [3.05, 3.63) is 53.6 Å². The Bertz CT molecular complexity index is 748. The van der Waals surface area contributed by atoms with E-state index in [2.05, 4.69) is 5.32 Å². The summed E-state index contributed by atoms with van der Waals surface area (Å²) in [6.07, 6.45) is -0.601. The third-order valence-corrected chi connectivity index (χ3v) is 3.40. The molecular weight excluding hydrogens is 314 g/mol. The van der Waals surface area contributed by atoms with Crippen LogP contribution in [0.25, 0.3) is 0 Å². The maximum Gasteiger partial charge on any atom is 0.128 e. The fourth-order valence-corrected chi connectivity index (χ4v) is 1.95. The Balaban J connectivity index is 2.04. The van der Waals surface area contributed by atoms with Crippen LogP contribution in [0, 0.1) is 22.7 Å². The third-order valence-electron chi connectivity index (χ3n) is 3.04. The van der Waals surface area contributed by atoms with Crippen molar-refractivity contribution in [3.63, 3.8) is 0 Å². The summed E-state index contributed by atoms with van der Waals surface area (Å²) in [4.78, 5) is 0. The first-order valence-corrected chi connectivity index (χ1v) is 7.39. The lowest BCUT2D eigenvalue weighted by Crippen LogP contribution is -2.20. The van der Waals surface area contributed by atoms with E-state index in [1.54, 1.807) is 24.3 Å². The highest BCUT2D eigenvalue weighted by Crippen LogP contribution is 2.25. The number of ether oxygens (including phenoxy) is 1. The molecule has 0 aliphatic rings. The Hall–Kier alpha value is -2.73. The van der Waals surface area contributed by atoms with Gasteiger partial charge in [-0.25, -0.2) is 0 Å².